The average Bonchev–Trinajstić information content (AvgIpc) is 2.05. The molecule has 1 aromatic rings. The van der Waals surface area contributed by atoms with Crippen molar-refractivity contribution < 1.29 is 9.90 Å². The molecule has 0 fully saturated rings. The smallest absolute Gasteiger partial charge is 0.354 e. The van der Waals surface area contributed by atoms with Crippen molar-refractivity contribution in [1.82, 2.24) is 9.97 Å². The van der Waals surface area contributed by atoms with E-state index in [2.05, 4.69) is 9.97 Å². The Morgan fingerprint density at radius 1 is 1.73 bits per heavy atom. The van der Waals surface area contributed by atoms with Crippen LogP contribution in [-0.2, 0) is 0 Å². The minimum Gasteiger partial charge on any atom is -0.477 e. The second-order valence-electron chi connectivity index (χ2n) is 1.73. The van der Waals surface area contributed by atoms with Gasteiger partial charge < -0.3 is 5.11 Å². The summed E-state index contributed by atoms with van der Waals surface area (Å²) < 4.78 is 0. The maximum Gasteiger partial charge on any atom is 0.354 e. The molecular weight excluding hydrogens is 164 g/mol. The zero-order valence-electron chi connectivity index (χ0n) is 5.81. The molecule has 4 nitrogen and oxygen atoms in total. The lowest BCUT2D eigenvalue weighted by Crippen LogP contribution is -2.01. The first-order chi connectivity index (χ1) is 5.24. The van der Waals surface area contributed by atoms with Crippen LogP contribution >= 0.6 is 11.8 Å². The molecule has 0 aliphatic rings. The number of carbonyl (C=O) groups is 1. The van der Waals surface area contributed by atoms with E-state index in [-0.39, 0.29) is 5.69 Å². The number of rotatable bonds is 2. The Kier molecular flexibility index (Phi) is 2.43. The Morgan fingerprint density at radius 3 is 3.00 bits per heavy atom. The molecule has 0 unspecified atom stereocenters. The minimum absolute atomic E-state index is 0.0318. The lowest BCUT2D eigenvalue weighted by molar-refractivity contribution is 0.0689. The van der Waals surface area contributed by atoms with Gasteiger partial charge in [-0.25, -0.2) is 14.8 Å². The van der Waals surface area contributed by atoms with Crippen molar-refractivity contribution >= 4 is 17.7 Å². The Balaban J connectivity index is 3.01. The van der Waals surface area contributed by atoms with Crippen LogP contribution in [0.1, 0.15) is 10.5 Å². The maximum atomic E-state index is 10.4. The quantitative estimate of drug-likeness (QED) is 0.527. The lowest BCUT2D eigenvalue weighted by Gasteiger charge is -1.94. The summed E-state index contributed by atoms with van der Waals surface area (Å²) in [4.78, 5) is 17.9. The molecule has 0 amide bonds. The monoisotopic (exact) mass is 170 g/mol. The third kappa shape index (κ3) is 1.91. The summed E-state index contributed by atoms with van der Waals surface area (Å²) in [5.74, 6) is -1.03. The van der Waals surface area contributed by atoms with E-state index in [0.717, 1.165) is 0 Å². The van der Waals surface area contributed by atoms with Crippen LogP contribution in [0.15, 0.2) is 17.4 Å². The second kappa shape index (κ2) is 3.34. The zero-order valence-corrected chi connectivity index (χ0v) is 6.63. The summed E-state index contributed by atoms with van der Waals surface area (Å²) in [6.45, 7) is 0. The number of carboxylic acid groups (broad SMARTS) is 1. The molecule has 0 atom stereocenters. The summed E-state index contributed by atoms with van der Waals surface area (Å²) in [6, 6.07) is 1.36. The van der Waals surface area contributed by atoms with Crippen LogP contribution < -0.4 is 0 Å². The van der Waals surface area contributed by atoms with E-state index in [9.17, 15) is 4.79 Å². The van der Waals surface area contributed by atoms with Gasteiger partial charge in [0, 0.05) is 6.20 Å². The number of hydrogen-bond donors (Lipinski definition) is 1. The van der Waals surface area contributed by atoms with Crippen molar-refractivity contribution in [3.05, 3.63) is 18.0 Å². The van der Waals surface area contributed by atoms with Crippen molar-refractivity contribution in [2.24, 2.45) is 0 Å². The fraction of sp³-hybridized carbons (Fsp3) is 0.167. The van der Waals surface area contributed by atoms with Crippen LogP contribution in [0.4, 0.5) is 0 Å². The molecule has 0 spiro atoms. The molecule has 1 aromatic heterocycles. The van der Waals surface area contributed by atoms with Gasteiger partial charge in [0.05, 0.1) is 0 Å². The Morgan fingerprint density at radius 2 is 2.45 bits per heavy atom. The second-order valence-corrected chi connectivity index (χ2v) is 2.51. The van der Waals surface area contributed by atoms with Crippen molar-refractivity contribution in [2.45, 2.75) is 5.16 Å². The largest absolute Gasteiger partial charge is 0.477 e. The van der Waals surface area contributed by atoms with E-state index in [0.29, 0.717) is 5.16 Å². The highest BCUT2D eigenvalue weighted by molar-refractivity contribution is 7.98. The van der Waals surface area contributed by atoms with Crippen LogP contribution in [0.25, 0.3) is 0 Å². The van der Waals surface area contributed by atoms with E-state index in [1.165, 1.54) is 24.0 Å². The molecule has 1 N–H and O–H groups in total. The van der Waals surface area contributed by atoms with Crippen LogP contribution in [0.3, 0.4) is 0 Å². The average molecular weight is 170 g/mol. The fourth-order valence-electron chi connectivity index (χ4n) is 0.558. The van der Waals surface area contributed by atoms with E-state index < -0.39 is 5.97 Å². The van der Waals surface area contributed by atoms with Gasteiger partial charge in [-0.3, -0.25) is 0 Å². The first-order valence-electron chi connectivity index (χ1n) is 2.84. The highest BCUT2D eigenvalue weighted by Crippen LogP contribution is 2.06. The summed E-state index contributed by atoms with van der Waals surface area (Å²) in [7, 11) is 0. The number of thioether (sulfide) groups is 1. The van der Waals surface area contributed by atoms with Gasteiger partial charge in [0.2, 0.25) is 0 Å². The third-order valence-electron chi connectivity index (χ3n) is 1.04. The lowest BCUT2D eigenvalue weighted by atomic mass is 10.4. The fourth-order valence-corrected chi connectivity index (χ4v) is 0.914. The van der Waals surface area contributed by atoms with Crippen LogP contribution in [0.2, 0.25) is 0 Å². The summed E-state index contributed by atoms with van der Waals surface area (Å²) >= 11 is 1.31. The Labute approximate surface area is 67.7 Å². The van der Waals surface area contributed by atoms with Gasteiger partial charge in [-0.1, -0.05) is 11.8 Å². The normalized spacial score (nSPS) is 9.55. The third-order valence-corrected chi connectivity index (χ3v) is 1.60. The van der Waals surface area contributed by atoms with Crippen LogP contribution in [0, 0.1) is 0 Å². The van der Waals surface area contributed by atoms with Gasteiger partial charge >= 0.3 is 5.97 Å². The summed E-state index contributed by atoms with van der Waals surface area (Å²) in [5.41, 5.74) is 0.0318. The van der Waals surface area contributed by atoms with Gasteiger partial charge in [0.25, 0.3) is 0 Å². The summed E-state index contributed by atoms with van der Waals surface area (Å²) in [6.07, 6.45) is 3.23. The standard InChI is InChI=1S/C6H6N2O2S/c1-11-6-7-3-2-4(8-6)5(9)10/h2-3H,1H3,(H,9,10). The number of aromatic carboxylic acids is 1. The highest BCUT2D eigenvalue weighted by atomic mass is 32.2. The first-order valence-corrected chi connectivity index (χ1v) is 4.07. The van der Waals surface area contributed by atoms with Gasteiger partial charge in [-0.05, 0) is 12.3 Å². The van der Waals surface area contributed by atoms with Crippen molar-refractivity contribution in [1.29, 1.82) is 0 Å². The summed E-state index contributed by atoms with van der Waals surface area (Å²) in [5, 5.41) is 8.98. The molecule has 1 rings (SSSR count). The van der Waals surface area contributed by atoms with E-state index in [1.807, 2.05) is 0 Å². The Bertz CT molecular complexity index is 277. The molecule has 0 saturated carbocycles. The Hall–Kier alpha value is -1.10. The molecule has 58 valence electrons. The van der Waals surface area contributed by atoms with E-state index >= 15 is 0 Å². The predicted molar refractivity (Wildman–Crippen MR) is 40.8 cm³/mol. The molecule has 0 bridgehead atoms. The predicted octanol–water partition coefficient (Wildman–Crippen LogP) is 0.897. The zero-order chi connectivity index (χ0) is 8.27. The van der Waals surface area contributed by atoms with Crippen LogP contribution in [0.5, 0.6) is 0 Å². The number of hydrogen-bond acceptors (Lipinski definition) is 4. The molecule has 0 aromatic carbocycles. The van der Waals surface area contributed by atoms with Crippen molar-refractivity contribution in [3.8, 4) is 0 Å². The van der Waals surface area contributed by atoms with Gasteiger partial charge in [0.15, 0.2) is 10.9 Å². The van der Waals surface area contributed by atoms with Gasteiger partial charge in [0.1, 0.15) is 0 Å². The number of carboxylic acids is 1. The van der Waals surface area contributed by atoms with Crippen LogP contribution in [-0.4, -0.2) is 27.3 Å². The molecule has 0 radical (unpaired) electrons. The topological polar surface area (TPSA) is 63.1 Å². The molecule has 5 heteroatoms. The highest BCUT2D eigenvalue weighted by Gasteiger charge is 2.04. The van der Waals surface area contributed by atoms with E-state index in [4.69, 9.17) is 5.11 Å². The minimum atomic E-state index is -1.03. The number of nitrogens with zero attached hydrogens (tertiary/aromatic N) is 2. The molecular formula is C6H6N2O2S. The van der Waals surface area contributed by atoms with Crippen molar-refractivity contribution in [3.63, 3.8) is 0 Å². The van der Waals surface area contributed by atoms with Gasteiger partial charge in [-0.15, -0.1) is 0 Å². The van der Waals surface area contributed by atoms with Gasteiger partial charge in [-0.2, -0.15) is 0 Å². The SMILES string of the molecule is CSc1nccc(C(=O)O)n1. The molecule has 0 aliphatic heterocycles. The molecule has 0 saturated heterocycles. The molecule has 0 aliphatic carbocycles. The maximum absolute atomic E-state index is 10.4. The molecule has 11 heavy (non-hydrogen) atoms. The first kappa shape index (κ1) is 8.00. The van der Waals surface area contributed by atoms with E-state index in [1.54, 1.807) is 6.26 Å². The molecule has 1 heterocycles. The number of aromatic nitrogens is 2. The van der Waals surface area contributed by atoms with Crippen molar-refractivity contribution in [2.75, 3.05) is 6.26 Å².